The van der Waals surface area contributed by atoms with E-state index in [2.05, 4.69) is 15.3 Å². The molecule has 23 heavy (non-hydrogen) atoms. The number of hydrogen-bond acceptors (Lipinski definition) is 5. The fourth-order valence-electron chi connectivity index (χ4n) is 2.20. The number of nitrogens with one attached hydrogen (secondary N) is 2. The van der Waals surface area contributed by atoms with Gasteiger partial charge in [0, 0.05) is 0 Å². The van der Waals surface area contributed by atoms with E-state index in [9.17, 15) is 9.59 Å². The van der Waals surface area contributed by atoms with Gasteiger partial charge in [-0.3, -0.25) is 4.79 Å². The molecule has 7 heteroatoms. The van der Waals surface area contributed by atoms with Crippen LogP contribution < -0.4 is 5.32 Å². The molecule has 0 radical (unpaired) electrons. The predicted molar refractivity (Wildman–Crippen MR) is 90.2 cm³/mol. The summed E-state index contributed by atoms with van der Waals surface area (Å²) in [5.41, 5.74) is 1.80. The Kier molecular flexibility index (Phi) is 6.04. The van der Waals surface area contributed by atoms with Gasteiger partial charge in [-0.1, -0.05) is 37.7 Å². The van der Waals surface area contributed by atoms with Crippen LogP contribution in [0.25, 0.3) is 11.0 Å². The average Bonchev–Trinajstić information content (AvgIpc) is 2.94. The highest BCUT2D eigenvalue weighted by Crippen LogP contribution is 2.19. The number of imidazole rings is 1. The molecule has 124 valence electrons. The fraction of sp³-hybridized carbons (Fsp3) is 0.438. The van der Waals surface area contributed by atoms with Crippen molar-refractivity contribution in [3.8, 4) is 0 Å². The SMILES string of the molecule is COC(=O)[C@H](CC(C)C)NC(=O)CSc1nc2ccccc2[nH]1. The number of carbonyl (C=O) groups excluding carboxylic acids is 2. The summed E-state index contributed by atoms with van der Waals surface area (Å²) < 4.78 is 4.74. The van der Waals surface area contributed by atoms with Crippen LogP contribution in [0.5, 0.6) is 0 Å². The molecule has 1 atom stereocenters. The van der Waals surface area contributed by atoms with E-state index in [1.165, 1.54) is 18.9 Å². The Hall–Kier alpha value is -2.02. The third kappa shape index (κ3) is 4.99. The van der Waals surface area contributed by atoms with E-state index in [1.54, 1.807) is 0 Å². The molecule has 0 saturated carbocycles. The predicted octanol–water partition coefficient (Wildman–Crippen LogP) is 2.36. The van der Waals surface area contributed by atoms with Crippen LogP contribution in [-0.4, -0.2) is 40.7 Å². The van der Waals surface area contributed by atoms with Crippen molar-refractivity contribution in [2.24, 2.45) is 5.92 Å². The molecule has 0 bridgehead atoms. The molecule has 1 aromatic carbocycles. The van der Waals surface area contributed by atoms with Gasteiger partial charge in [0.1, 0.15) is 6.04 Å². The van der Waals surface area contributed by atoms with Crippen LogP contribution in [0.1, 0.15) is 20.3 Å². The highest BCUT2D eigenvalue weighted by Gasteiger charge is 2.22. The number of H-pyrrole nitrogens is 1. The lowest BCUT2D eigenvalue weighted by atomic mass is 10.0. The zero-order valence-corrected chi connectivity index (χ0v) is 14.3. The number of esters is 1. The molecule has 0 aliphatic carbocycles. The highest BCUT2D eigenvalue weighted by molar-refractivity contribution is 7.99. The van der Waals surface area contributed by atoms with Crippen LogP contribution >= 0.6 is 11.8 Å². The smallest absolute Gasteiger partial charge is 0.328 e. The van der Waals surface area contributed by atoms with E-state index in [0.717, 1.165) is 11.0 Å². The summed E-state index contributed by atoms with van der Waals surface area (Å²) in [6, 6.07) is 7.07. The Morgan fingerprint density at radius 2 is 2.09 bits per heavy atom. The summed E-state index contributed by atoms with van der Waals surface area (Å²) in [4.78, 5) is 31.3. The molecule has 0 spiro atoms. The minimum absolute atomic E-state index is 0.186. The summed E-state index contributed by atoms with van der Waals surface area (Å²) in [5, 5.41) is 3.41. The zero-order valence-electron chi connectivity index (χ0n) is 13.5. The Morgan fingerprint density at radius 1 is 1.35 bits per heavy atom. The van der Waals surface area contributed by atoms with E-state index in [4.69, 9.17) is 4.74 Å². The van der Waals surface area contributed by atoms with Gasteiger partial charge in [-0.15, -0.1) is 0 Å². The first kappa shape index (κ1) is 17.3. The molecule has 0 unspecified atom stereocenters. The third-order valence-electron chi connectivity index (χ3n) is 3.24. The van der Waals surface area contributed by atoms with Gasteiger partial charge < -0.3 is 15.0 Å². The zero-order chi connectivity index (χ0) is 16.8. The Bertz CT molecular complexity index is 651. The Balaban J connectivity index is 1.91. The minimum Gasteiger partial charge on any atom is -0.467 e. The van der Waals surface area contributed by atoms with Crippen molar-refractivity contribution in [3.63, 3.8) is 0 Å². The van der Waals surface area contributed by atoms with Gasteiger partial charge in [0.15, 0.2) is 5.16 Å². The number of carbonyl (C=O) groups is 2. The van der Waals surface area contributed by atoms with Crippen molar-refractivity contribution in [1.82, 2.24) is 15.3 Å². The maximum Gasteiger partial charge on any atom is 0.328 e. The number of ether oxygens (including phenoxy) is 1. The van der Waals surface area contributed by atoms with Crippen LogP contribution in [0.2, 0.25) is 0 Å². The summed E-state index contributed by atoms with van der Waals surface area (Å²) in [7, 11) is 1.32. The number of para-hydroxylation sites is 2. The van der Waals surface area contributed by atoms with Crippen molar-refractivity contribution >= 4 is 34.7 Å². The number of amides is 1. The van der Waals surface area contributed by atoms with Crippen LogP contribution in [-0.2, 0) is 14.3 Å². The average molecular weight is 335 g/mol. The lowest BCUT2D eigenvalue weighted by molar-refractivity contribution is -0.145. The number of benzene rings is 1. The van der Waals surface area contributed by atoms with Crippen LogP contribution in [0, 0.1) is 5.92 Å². The topological polar surface area (TPSA) is 84.1 Å². The van der Waals surface area contributed by atoms with Crippen molar-refractivity contribution in [1.29, 1.82) is 0 Å². The van der Waals surface area contributed by atoms with Gasteiger partial charge in [0.05, 0.1) is 23.9 Å². The Morgan fingerprint density at radius 3 is 2.74 bits per heavy atom. The molecule has 1 aromatic heterocycles. The van der Waals surface area contributed by atoms with Gasteiger partial charge in [-0.05, 0) is 24.5 Å². The normalized spacial score (nSPS) is 12.3. The Labute approximate surface area is 139 Å². The monoisotopic (exact) mass is 335 g/mol. The number of nitrogens with zero attached hydrogens (tertiary/aromatic N) is 1. The molecular formula is C16H21N3O3S. The molecule has 2 aromatic rings. The molecule has 0 aliphatic heterocycles. The first-order valence-electron chi connectivity index (χ1n) is 7.44. The van der Waals surface area contributed by atoms with E-state index in [-0.39, 0.29) is 17.6 Å². The van der Waals surface area contributed by atoms with Crippen molar-refractivity contribution in [2.45, 2.75) is 31.5 Å². The summed E-state index contributed by atoms with van der Waals surface area (Å²) >= 11 is 1.30. The summed E-state index contributed by atoms with van der Waals surface area (Å²) in [5.74, 6) is -0.166. The first-order chi connectivity index (χ1) is 11.0. The number of methoxy groups -OCH3 is 1. The van der Waals surface area contributed by atoms with E-state index < -0.39 is 12.0 Å². The van der Waals surface area contributed by atoms with Gasteiger partial charge in [-0.25, -0.2) is 9.78 Å². The number of aromatic amines is 1. The molecular weight excluding hydrogens is 314 g/mol. The van der Waals surface area contributed by atoms with E-state index in [0.29, 0.717) is 11.6 Å². The van der Waals surface area contributed by atoms with Gasteiger partial charge >= 0.3 is 5.97 Å². The minimum atomic E-state index is -0.608. The number of thioether (sulfide) groups is 1. The second kappa shape index (κ2) is 8.01. The van der Waals surface area contributed by atoms with Gasteiger partial charge in [0.25, 0.3) is 0 Å². The van der Waals surface area contributed by atoms with Crippen LogP contribution in [0.3, 0.4) is 0 Å². The molecule has 6 nitrogen and oxygen atoms in total. The highest BCUT2D eigenvalue weighted by atomic mass is 32.2. The number of fused-ring (bicyclic) bond motifs is 1. The molecule has 1 heterocycles. The molecule has 0 fully saturated rings. The van der Waals surface area contributed by atoms with Gasteiger partial charge in [0.2, 0.25) is 5.91 Å². The maximum absolute atomic E-state index is 12.1. The molecule has 2 N–H and O–H groups in total. The van der Waals surface area contributed by atoms with Crippen LogP contribution in [0.4, 0.5) is 0 Å². The van der Waals surface area contributed by atoms with Crippen molar-refractivity contribution in [2.75, 3.05) is 12.9 Å². The lowest BCUT2D eigenvalue weighted by Gasteiger charge is -2.18. The summed E-state index contributed by atoms with van der Waals surface area (Å²) in [6.07, 6.45) is 0.549. The third-order valence-corrected chi connectivity index (χ3v) is 4.11. The van der Waals surface area contributed by atoms with Crippen molar-refractivity contribution in [3.05, 3.63) is 24.3 Å². The quantitative estimate of drug-likeness (QED) is 0.599. The molecule has 2 rings (SSSR count). The van der Waals surface area contributed by atoms with E-state index in [1.807, 2.05) is 38.1 Å². The lowest BCUT2D eigenvalue weighted by Crippen LogP contribution is -2.43. The largest absolute Gasteiger partial charge is 0.467 e. The summed E-state index contributed by atoms with van der Waals surface area (Å²) in [6.45, 7) is 3.98. The van der Waals surface area contributed by atoms with E-state index >= 15 is 0 Å². The fourth-order valence-corrected chi connectivity index (χ4v) is 2.89. The molecule has 0 aliphatic rings. The molecule has 0 saturated heterocycles. The second-order valence-electron chi connectivity index (χ2n) is 5.62. The number of aromatic nitrogens is 2. The molecule has 1 amide bonds. The van der Waals surface area contributed by atoms with Crippen molar-refractivity contribution < 1.29 is 14.3 Å². The second-order valence-corrected chi connectivity index (χ2v) is 6.58. The van der Waals surface area contributed by atoms with Crippen LogP contribution in [0.15, 0.2) is 29.4 Å². The standard InChI is InChI=1S/C16H21N3O3S/c1-10(2)8-13(15(21)22-3)17-14(20)9-23-16-18-11-6-4-5-7-12(11)19-16/h4-7,10,13H,8-9H2,1-3H3,(H,17,20)(H,18,19)/t13-/m0/s1. The number of hydrogen-bond donors (Lipinski definition) is 2. The maximum atomic E-state index is 12.1. The number of rotatable bonds is 7. The first-order valence-corrected chi connectivity index (χ1v) is 8.43. The van der Waals surface area contributed by atoms with Gasteiger partial charge in [-0.2, -0.15) is 0 Å².